The number of carbonyl (C=O) groups is 1. The van der Waals surface area contributed by atoms with Crippen LogP contribution in [0.15, 0.2) is 18.2 Å². The molecule has 1 aromatic carbocycles. The molecule has 0 saturated heterocycles. The van der Waals surface area contributed by atoms with Gasteiger partial charge < -0.3 is 9.47 Å². The van der Waals surface area contributed by atoms with Gasteiger partial charge in [0, 0.05) is 6.07 Å². The van der Waals surface area contributed by atoms with Gasteiger partial charge in [0.05, 0.1) is 6.61 Å². The lowest BCUT2D eigenvalue weighted by Gasteiger charge is -2.28. The molecule has 0 fully saturated rings. The van der Waals surface area contributed by atoms with Crippen molar-refractivity contribution in [3.05, 3.63) is 29.6 Å². The van der Waals surface area contributed by atoms with Gasteiger partial charge in [0.25, 0.3) is 0 Å². The molecule has 112 valence electrons. The maximum atomic E-state index is 13.4. The molecule has 5 heteroatoms. The molecular weight excluding hydrogens is 261 g/mol. The Bertz CT molecular complexity index is 464. The number of rotatable bonds is 7. The van der Waals surface area contributed by atoms with E-state index in [0.717, 1.165) is 0 Å². The predicted molar refractivity (Wildman–Crippen MR) is 75.3 cm³/mol. The standard InChI is InChI=1S/C15H22FNO3/c1-5-17-15(4,14(18)19-6-2)10-20-12-8-7-11(3)13(16)9-12/h7-9,17H,5-6,10H2,1-4H3. The minimum absolute atomic E-state index is 0.0716. The molecule has 0 amide bonds. The van der Waals surface area contributed by atoms with Gasteiger partial charge in [-0.05, 0) is 38.9 Å². The molecule has 1 atom stereocenters. The van der Waals surface area contributed by atoms with Gasteiger partial charge in [0.1, 0.15) is 23.7 Å². The predicted octanol–water partition coefficient (Wildman–Crippen LogP) is 2.44. The SMILES string of the molecule is CCNC(C)(COc1ccc(C)c(F)c1)C(=O)OCC. The lowest BCUT2D eigenvalue weighted by atomic mass is 10.0. The van der Waals surface area contributed by atoms with Crippen molar-refractivity contribution in [3.63, 3.8) is 0 Å². The van der Waals surface area contributed by atoms with Crippen LogP contribution in [0.4, 0.5) is 4.39 Å². The van der Waals surface area contributed by atoms with E-state index in [0.29, 0.717) is 24.5 Å². The highest BCUT2D eigenvalue weighted by atomic mass is 19.1. The summed E-state index contributed by atoms with van der Waals surface area (Å²) in [6, 6.07) is 4.63. The molecular formula is C15H22FNO3. The number of carbonyl (C=O) groups excluding carboxylic acids is 1. The quantitative estimate of drug-likeness (QED) is 0.781. The number of nitrogens with one attached hydrogen (secondary N) is 1. The van der Waals surface area contributed by atoms with E-state index in [-0.39, 0.29) is 18.4 Å². The molecule has 0 aliphatic rings. The summed E-state index contributed by atoms with van der Waals surface area (Å²) in [5.74, 6) is -0.320. The van der Waals surface area contributed by atoms with Gasteiger partial charge in [-0.25, -0.2) is 9.18 Å². The van der Waals surface area contributed by atoms with Crippen LogP contribution >= 0.6 is 0 Å². The van der Waals surface area contributed by atoms with Crippen molar-refractivity contribution in [2.75, 3.05) is 19.8 Å². The van der Waals surface area contributed by atoms with E-state index in [1.807, 2.05) is 6.92 Å². The second kappa shape index (κ2) is 7.24. The molecule has 0 aliphatic carbocycles. The summed E-state index contributed by atoms with van der Waals surface area (Å²) in [6.07, 6.45) is 0. The van der Waals surface area contributed by atoms with Crippen molar-refractivity contribution in [1.29, 1.82) is 0 Å². The fraction of sp³-hybridized carbons (Fsp3) is 0.533. The number of aryl methyl sites for hydroxylation is 1. The van der Waals surface area contributed by atoms with Gasteiger partial charge in [-0.2, -0.15) is 0 Å². The van der Waals surface area contributed by atoms with E-state index in [9.17, 15) is 9.18 Å². The highest BCUT2D eigenvalue weighted by Gasteiger charge is 2.35. The van der Waals surface area contributed by atoms with Crippen molar-refractivity contribution in [2.24, 2.45) is 0 Å². The first-order chi connectivity index (χ1) is 9.42. The van der Waals surface area contributed by atoms with Crippen LogP contribution in [0.2, 0.25) is 0 Å². The van der Waals surface area contributed by atoms with Crippen LogP contribution in [-0.2, 0) is 9.53 Å². The van der Waals surface area contributed by atoms with Crippen molar-refractivity contribution in [3.8, 4) is 5.75 Å². The van der Waals surface area contributed by atoms with Crippen LogP contribution in [-0.4, -0.2) is 31.3 Å². The molecule has 0 saturated carbocycles. The Morgan fingerprint density at radius 1 is 1.40 bits per heavy atom. The van der Waals surface area contributed by atoms with Crippen LogP contribution in [0, 0.1) is 12.7 Å². The largest absolute Gasteiger partial charge is 0.491 e. The third-order valence-electron chi connectivity index (χ3n) is 2.96. The van der Waals surface area contributed by atoms with Crippen molar-refractivity contribution >= 4 is 5.97 Å². The van der Waals surface area contributed by atoms with Gasteiger partial charge in [-0.3, -0.25) is 5.32 Å². The Labute approximate surface area is 119 Å². The normalized spacial score (nSPS) is 13.7. The zero-order valence-electron chi connectivity index (χ0n) is 12.5. The summed E-state index contributed by atoms with van der Waals surface area (Å²) >= 11 is 0. The maximum Gasteiger partial charge on any atom is 0.329 e. The van der Waals surface area contributed by atoms with Gasteiger partial charge in [-0.1, -0.05) is 13.0 Å². The summed E-state index contributed by atoms with van der Waals surface area (Å²) in [5.41, 5.74) is -0.399. The zero-order chi connectivity index (χ0) is 15.2. The highest BCUT2D eigenvalue weighted by molar-refractivity contribution is 5.80. The summed E-state index contributed by atoms with van der Waals surface area (Å²) < 4.78 is 24.0. The highest BCUT2D eigenvalue weighted by Crippen LogP contribution is 2.18. The van der Waals surface area contributed by atoms with Crippen LogP contribution in [0.3, 0.4) is 0 Å². The average Bonchev–Trinajstić information content (AvgIpc) is 2.41. The Kier molecular flexibility index (Phi) is 5.95. The fourth-order valence-corrected chi connectivity index (χ4v) is 1.75. The first kappa shape index (κ1) is 16.4. The number of benzene rings is 1. The summed E-state index contributed by atoms with van der Waals surface area (Å²) in [6.45, 7) is 8.01. The first-order valence-electron chi connectivity index (χ1n) is 6.74. The second-order valence-corrected chi connectivity index (χ2v) is 4.78. The van der Waals surface area contributed by atoms with E-state index in [4.69, 9.17) is 9.47 Å². The molecule has 1 unspecified atom stereocenters. The van der Waals surface area contributed by atoms with Crippen LogP contribution < -0.4 is 10.1 Å². The van der Waals surface area contributed by atoms with Crippen molar-refractivity contribution < 1.29 is 18.7 Å². The van der Waals surface area contributed by atoms with Crippen LogP contribution in [0.5, 0.6) is 5.75 Å². The molecule has 4 nitrogen and oxygen atoms in total. The molecule has 0 bridgehead atoms. The van der Waals surface area contributed by atoms with Crippen LogP contribution in [0.1, 0.15) is 26.3 Å². The summed E-state index contributed by atoms with van der Waals surface area (Å²) in [5, 5.41) is 3.05. The first-order valence-corrected chi connectivity index (χ1v) is 6.74. The minimum Gasteiger partial charge on any atom is -0.491 e. The number of likely N-dealkylation sites (N-methyl/N-ethyl adjacent to an activating group) is 1. The second-order valence-electron chi connectivity index (χ2n) is 4.78. The number of esters is 1. The van der Waals surface area contributed by atoms with Gasteiger partial charge in [-0.15, -0.1) is 0 Å². The summed E-state index contributed by atoms with van der Waals surface area (Å²) in [4.78, 5) is 12.0. The lowest BCUT2D eigenvalue weighted by Crippen LogP contribution is -2.54. The smallest absolute Gasteiger partial charge is 0.329 e. The Balaban J connectivity index is 2.75. The average molecular weight is 283 g/mol. The summed E-state index contributed by atoms with van der Waals surface area (Å²) in [7, 11) is 0. The lowest BCUT2D eigenvalue weighted by molar-refractivity contribution is -0.151. The third kappa shape index (κ3) is 4.20. The van der Waals surface area contributed by atoms with Gasteiger partial charge >= 0.3 is 5.97 Å². The molecule has 0 radical (unpaired) electrons. The number of hydrogen-bond acceptors (Lipinski definition) is 4. The molecule has 1 aromatic rings. The fourth-order valence-electron chi connectivity index (χ4n) is 1.75. The number of hydrogen-bond donors (Lipinski definition) is 1. The van der Waals surface area contributed by atoms with E-state index in [2.05, 4.69) is 5.32 Å². The topological polar surface area (TPSA) is 47.6 Å². The molecule has 0 spiro atoms. The van der Waals surface area contributed by atoms with Crippen molar-refractivity contribution in [1.82, 2.24) is 5.32 Å². The molecule has 1 N–H and O–H groups in total. The molecule has 1 rings (SSSR count). The Morgan fingerprint density at radius 2 is 2.10 bits per heavy atom. The Hall–Kier alpha value is -1.62. The number of ether oxygens (including phenoxy) is 2. The van der Waals surface area contributed by atoms with E-state index in [1.54, 1.807) is 32.9 Å². The maximum absolute atomic E-state index is 13.4. The minimum atomic E-state index is -0.952. The number of halogens is 1. The molecule has 0 heterocycles. The van der Waals surface area contributed by atoms with Gasteiger partial charge in [0.2, 0.25) is 0 Å². The van der Waals surface area contributed by atoms with Crippen LogP contribution in [0.25, 0.3) is 0 Å². The Morgan fingerprint density at radius 3 is 2.65 bits per heavy atom. The van der Waals surface area contributed by atoms with E-state index in [1.165, 1.54) is 6.07 Å². The van der Waals surface area contributed by atoms with E-state index >= 15 is 0 Å². The monoisotopic (exact) mass is 283 g/mol. The molecule has 0 aromatic heterocycles. The molecule has 20 heavy (non-hydrogen) atoms. The van der Waals surface area contributed by atoms with Gasteiger partial charge in [0.15, 0.2) is 0 Å². The third-order valence-corrected chi connectivity index (χ3v) is 2.96. The van der Waals surface area contributed by atoms with Crippen molar-refractivity contribution in [2.45, 2.75) is 33.2 Å². The zero-order valence-corrected chi connectivity index (χ0v) is 12.5. The molecule has 0 aliphatic heterocycles. The van der Waals surface area contributed by atoms with E-state index < -0.39 is 5.54 Å².